The van der Waals surface area contributed by atoms with Gasteiger partial charge in [0, 0.05) is 18.1 Å². The van der Waals surface area contributed by atoms with Gasteiger partial charge in [0.2, 0.25) is 0 Å². The third-order valence-corrected chi connectivity index (χ3v) is 4.54. The molecule has 0 radical (unpaired) electrons. The summed E-state index contributed by atoms with van der Waals surface area (Å²) in [4.78, 5) is 12.3. The fourth-order valence-electron chi connectivity index (χ4n) is 2.30. The second-order valence-corrected chi connectivity index (χ2v) is 6.01. The number of hydrogen-bond acceptors (Lipinski definition) is 4. The van der Waals surface area contributed by atoms with Gasteiger partial charge in [-0.3, -0.25) is 4.79 Å². The van der Waals surface area contributed by atoms with E-state index >= 15 is 0 Å². The third-order valence-electron chi connectivity index (χ3n) is 3.49. The predicted octanol–water partition coefficient (Wildman–Crippen LogP) is 3.42. The Morgan fingerprint density at radius 1 is 1.16 bits per heavy atom. The average Bonchev–Trinajstić information content (AvgIpc) is 2.47. The van der Waals surface area contributed by atoms with Crippen LogP contribution < -0.4 is 9.47 Å². The predicted molar refractivity (Wildman–Crippen MR) is 78.5 cm³/mol. The maximum Gasteiger partial charge on any atom is 0.163 e. The van der Waals surface area contributed by atoms with Crippen molar-refractivity contribution < 1.29 is 14.3 Å². The van der Waals surface area contributed by atoms with Crippen molar-refractivity contribution in [2.45, 2.75) is 19.3 Å². The Bertz CT molecular complexity index is 417. The van der Waals surface area contributed by atoms with Gasteiger partial charge in [0.25, 0.3) is 0 Å². The second kappa shape index (κ2) is 6.85. The third kappa shape index (κ3) is 3.90. The van der Waals surface area contributed by atoms with E-state index in [4.69, 9.17) is 9.47 Å². The van der Waals surface area contributed by atoms with Crippen LogP contribution in [-0.4, -0.2) is 31.5 Å². The minimum absolute atomic E-state index is 0.189. The first-order chi connectivity index (χ1) is 9.22. The van der Waals surface area contributed by atoms with Gasteiger partial charge < -0.3 is 9.47 Å². The molecule has 104 valence electrons. The molecule has 19 heavy (non-hydrogen) atoms. The van der Waals surface area contributed by atoms with Gasteiger partial charge in [-0.2, -0.15) is 11.8 Å². The van der Waals surface area contributed by atoms with Crippen molar-refractivity contribution in [3.05, 3.63) is 23.8 Å². The first-order valence-corrected chi connectivity index (χ1v) is 7.72. The van der Waals surface area contributed by atoms with E-state index in [9.17, 15) is 4.79 Å². The zero-order chi connectivity index (χ0) is 13.7. The molecule has 1 aromatic rings. The highest BCUT2D eigenvalue weighted by molar-refractivity contribution is 7.99. The normalized spacial score (nSPS) is 16.1. The first-order valence-electron chi connectivity index (χ1n) is 6.57. The van der Waals surface area contributed by atoms with Crippen LogP contribution in [0.15, 0.2) is 18.2 Å². The van der Waals surface area contributed by atoms with Crippen LogP contribution in [0.2, 0.25) is 0 Å². The minimum Gasteiger partial charge on any atom is -0.497 e. The lowest BCUT2D eigenvalue weighted by atomic mass is 9.93. The lowest BCUT2D eigenvalue weighted by Crippen LogP contribution is -2.14. The molecule has 0 aromatic heterocycles. The molecule has 1 saturated heterocycles. The smallest absolute Gasteiger partial charge is 0.163 e. The molecule has 4 heteroatoms. The van der Waals surface area contributed by atoms with E-state index in [-0.39, 0.29) is 5.78 Å². The van der Waals surface area contributed by atoms with Crippen LogP contribution in [0.5, 0.6) is 11.5 Å². The fraction of sp³-hybridized carbons (Fsp3) is 0.533. The van der Waals surface area contributed by atoms with Gasteiger partial charge in [-0.05, 0) is 42.4 Å². The van der Waals surface area contributed by atoms with Gasteiger partial charge in [0.05, 0.1) is 14.2 Å². The van der Waals surface area contributed by atoms with Crippen molar-refractivity contribution in [1.82, 2.24) is 0 Å². The number of rotatable bonds is 5. The number of hydrogen-bond donors (Lipinski definition) is 0. The number of ketones is 1. The molecular weight excluding hydrogens is 260 g/mol. The van der Waals surface area contributed by atoms with Crippen LogP contribution in [0.1, 0.15) is 29.6 Å². The second-order valence-electron chi connectivity index (χ2n) is 4.78. The molecule has 1 aromatic carbocycles. The monoisotopic (exact) mass is 280 g/mol. The van der Waals surface area contributed by atoms with Crippen molar-refractivity contribution >= 4 is 17.5 Å². The van der Waals surface area contributed by atoms with E-state index in [1.54, 1.807) is 32.4 Å². The van der Waals surface area contributed by atoms with Crippen LogP contribution in [0, 0.1) is 5.92 Å². The number of benzene rings is 1. The van der Waals surface area contributed by atoms with Crippen molar-refractivity contribution in [1.29, 1.82) is 0 Å². The molecule has 1 aliphatic rings. The van der Waals surface area contributed by atoms with E-state index in [0.29, 0.717) is 29.4 Å². The van der Waals surface area contributed by atoms with Crippen LogP contribution in [-0.2, 0) is 0 Å². The van der Waals surface area contributed by atoms with Crippen LogP contribution >= 0.6 is 11.8 Å². The molecule has 0 N–H and O–H groups in total. The molecule has 3 nitrogen and oxygen atoms in total. The Morgan fingerprint density at radius 2 is 1.74 bits per heavy atom. The Morgan fingerprint density at radius 3 is 2.26 bits per heavy atom. The molecule has 0 atom stereocenters. The number of carbonyl (C=O) groups excluding carboxylic acids is 1. The molecular formula is C15H20O3S. The topological polar surface area (TPSA) is 35.5 Å². The van der Waals surface area contributed by atoms with Gasteiger partial charge in [-0.25, -0.2) is 0 Å². The SMILES string of the molecule is COc1cc(OC)cc(C(=O)CC2CCSCC2)c1. The van der Waals surface area contributed by atoms with E-state index in [1.165, 1.54) is 11.5 Å². The Balaban J connectivity index is 2.08. The Kier molecular flexibility index (Phi) is 5.14. The summed E-state index contributed by atoms with van der Waals surface area (Å²) in [7, 11) is 3.20. The summed E-state index contributed by atoms with van der Waals surface area (Å²) < 4.78 is 10.4. The first kappa shape index (κ1) is 14.3. The van der Waals surface area contributed by atoms with E-state index in [0.717, 1.165) is 12.8 Å². The van der Waals surface area contributed by atoms with E-state index < -0.39 is 0 Å². The van der Waals surface area contributed by atoms with E-state index in [1.807, 2.05) is 11.8 Å². The number of thioether (sulfide) groups is 1. The molecule has 0 unspecified atom stereocenters. The molecule has 1 fully saturated rings. The number of Topliss-reactive ketones (excluding diaryl/α,β-unsaturated/α-hetero) is 1. The molecule has 0 amide bonds. The molecule has 0 spiro atoms. The lowest BCUT2D eigenvalue weighted by molar-refractivity contribution is 0.0958. The van der Waals surface area contributed by atoms with Gasteiger partial charge in [0.1, 0.15) is 11.5 Å². The maximum atomic E-state index is 12.3. The highest BCUT2D eigenvalue weighted by Gasteiger charge is 2.19. The van der Waals surface area contributed by atoms with Gasteiger partial charge in [-0.15, -0.1) is 0 Å². The van der Waals surface area contributed by atoms with Crippen molar-refractivity contribution in [3.63, 3.8) is 0 Å². The number of ether oxygens (including phenoxy) is 2. The standard InChI is InChI=1S/C15H20O3S/c1-17-13-8-12(9-14(10-13)18-2)15(16)7-11-3-5-19-6-4-11/h8-11H,3-7H2,1-2H3. The summed E-state index contributed by atoms with van der Waals surface area (Å²) in [6.07, 6.45) is 2.94. The molecule has 0 saturated carbocycles. The highest BCUT2D eigenvalue weighted by Crippen LogP contribution is 2.28. The summed E-state index contributed by atoms with van der Waals surface area (Å²) in [5.41, 5.74) is 0.689. The zero-order valence-corrected chi connectivity index (χ0v) is 12.3. The summed E-state index contributed by atoms with van der Waals surface area (Å²) in [5.74, 6) is 4.42. The summed E-state index contributed by atoms with van der Waals surface area (Å²) in [6.45, 7) is 0. The molecule has 1 aliphatic heterocycles. The van der Waals surface area contributed by atoms with Gasteiger partial charge in [0.15, 0.2) is 5.78 Å². The number of methoxy groups -OCH3 is 2. The van der Waals surface area contributed by atoms with Gasteiger partial charge >= 0.3 is 0 Å². The molecule has 2 rings (SSSR count). The largest absolute Gasteiger partial charge is 0.497 e. The van der Waals surface area contributed by atoms with Crippen LogP contribution in [0.25, 0.3) is 0 Å². The van der Waals surface area contributed by atoms with Gasteiger partial charge in [-0.1, -0.05) is 0 Å². The summed E-state index contributed by atoms with van der Waals surface area (Å²) in [6, 6.07) is 5.37. The fourth-order valence-corrected chi connectivity index (χ4v) is 3.50. The average molecular weight is 280 g/mol. The van der Waals surface area contributed by atoms with Crippen molar-refractivity contribution in [2.24, 2.45) is 5.92 Å². The van der Waals surface area contributed by atoms with Crippen LogP contribution in [0.4, 0.5) is 0 Å². The molecule has 1 heterocycles. The summed E-state index contributed by atoms with van der Waals surface area (Å²) >= 11 is 1.98. The quantitative estimate of drug-likeness (QED) is 0.774. The Hall–Kier alpha value is -1.16. The van der Waals surface area contributed by atoms with E-state index in [2.05, 4.69) is 0 Å². The highest BCUT2D eigenvalue weighted by atomic mass is 32.2. The summed E-state index contributed by atoms with van der Waals surface area (Å²) in [5, 5.41) is 0. The zero-order valence-electron chi connectivity index (χ0n) is 11.5. The lowest BCUT2D eigenvalue weighted by Gasteiger charge is -2.20. The van der Waals surface area contributed by atoms with Crippen molar-refractivity contribution in [2.75, 3.05) is 25.7 Å². The Labute approximate surface area is 118 Å². The molecule has 0 bridgehead atoms. The van der Waals surface area contributed by atoms with Crippen LogP contribution in [0.3, 0.4) is 0 Å². The minimum atomic E-state index is 0.189. The molecule has 0 aliphatic carbocycles. The van der Waals surface area contributed by atoms with Crippen molar-refractivity contribution in [3.8, 4) is 11.5 Å². The number of carbonyl (C=O) groups is 1. The maximum absolute atomic E-state index is 12.3.